The third kappa shape index (κ3) is 5.76. The number of rotatable bonds is 10. The van der Waals surface area contributed by atoms with Crippen LogP contribution in [0, 0.1) is 0 Å². The highest BCUT2D eigenvalue weighted by Crippen LogP contribution is 2.37. The highest BCUT2D eigenvalue weighted by molar-refractivity contribution is 5.96. The lowest BCUT2D eigenvalue weighted by Gasteiger charge is -2.47. The van der Waals surface area contributed by atoms with Crippen molar-refractivity contribution in [2.45, 2.75) is 18.7 Å². The second-order valence-electron chi connectivity index (χ2n) is 8.04. The zero-order valence-electron chi connectivity index (χ0n) is 19.1. The number of esters is 1. The summed E-state index contributed by atoms with van der Waals surface area (Å²) in [6, 6.07) is 24.3. The first-order valence-corrected chi connectivity index (χ1v) is 11.3. The van der Waals surface area contributed by atoms with Crippen LogP contribution in [0.1, 0.15) is 22.7 Å². The minimum atomic E-state index is -0.829. The topological polar surface area (TPSA) is 84.9 Å². The Balaban J connectivity index is 1.44. The lowest BCUT2D eigenvalue weighted by molar-refractivity contribution is -0.163. The Labute approximate surface area is 204 Å². The molecule has 0 bridgehead atoms. The van der Waals surface area contributed by atoms with Crippen molar-refractivity contribution in [3.05, 3.63) is 108 Å². The maximum atomic E-state index is 13.0. The van der Waals surface area contributed by atoms with Gasteiger partial charge in [0.05, 0.1) is 6.04 Å². The number of ether oxygens (including phenoxy) is 2. The van der Waals surface area contributed by atoms with Crippen LogP contribution in [0.25, 0.3) is 6.08 Å². The van der Waals surface area contributed by atoms with Crippen LogP contribution < -0.4 is 10.1 Å². The molecule has 7 heteroatoms. The van der Waals surface area contributed by atoms with E-state index < -0.39 is 24.0 Å². The fourth-order valence-corrected chi connectivity index (χ4v) is 3.98. The van der Waals surface area contributed by atoms with Gasteiger partial charge in [-0.2, -0.15) is 0 Å². The summed E-state index contributed by atoms with van der Waals surface area (Å²) in [5.41, 5.74) is 2.45. The molecule has 1 saturated heterocycles. The Morgan fingerprint density at radius 2 is 1.60 bits per heavy atom. The summed E-state index contributed by atoms with van der Waals surface area (Å²) in [4.78, 5) is 39.5. The van der Waals surface area contributed by atoms with Gasteiger partial charge in [0.1, 0.15) is 24.9 Å². The van der Waals surface area contributed by atoms with E-state index in [1.54, 1.807) is 30.3 Å². The van der Waals surface area contributed by atoms with Crippen LogP contribution in [-0.4, -0.2) is 41.9 Å². The molecule has 4 rings (SSSR count). The number of nitrogens with zero attached hydrogens (tertiary/aromatic N) is 1. The number of para-hydroxylation sites is 1. The molecule has 35 heavy (non-hydrogen) atoms. The molecule has 1 heterocycles. The third-order valence-electron chi connectivity index (χ3n) is 5.71. The van der Waals surface area contributed by atoms with Crippen molar-refractivity contribution >= 4 is 23.9 Å². The minimum Gasteiger partial charge on any atom is -0.484 e. The molecule has 1 N–H and O–H groups in total. The molecule has 2 amide bonds. The van der Waals surface area contributed by atoms with Crippen molar-refractivity contribution in [1.82, 2.24) is 10.2 Å². The van der Waals surface area contributed by atoms with Crippen LogP contribution in [0.2, 0.25) is 0 Å². The molecule has 178 valence electrons. The van der Waals surface area contributed by atoms with E-state index in [-0.39, 0.29) is 25.7 Å². The standard InChI is InChI=1S/C28H26N2O5/c1-2-21-13-9-10-16-23(21)27-26(29-24(31)19-34-22-14-7-4-8-15-22)28(33)30(27)17-25(32)35-18-20-11-5-3-6-12-20/h2-16,26-27H,1,17-19H2,(H,29,31). The van der Waals surface area contributed by atoms with Crippen molar-refractivity contribution in [2.24, 2.45) is 0 Å². The summed E-state index contributed by atoms with van der Waals surface area (Å²) < 4.78 is 10.9. The molecule has 1 aliphatic rings. The van der Waals surface area contributed by atoms with E-state index in [4.69, 9.17) is 9.47 Å². The van der Waals surface area contributed by atoms with E-state index in [0.717, 1.165) is 16.7 Å². The van der Waals surface area contributed by atoms with Crippen LogP contribution in [0.5, 0.6) is 5.75 Å². The number of hydrogen-bond acceptors (Lipinski definition) is 5. The fraction of sp³-hybridized carbons (Fsp3) is 0.179. The monoisotopic (exact) mass is 470 g/mol. The average Bonchev–Trinajstić information content (AvgIpc) is 2.91. The number of carbonyl (C=O) groups excluding carboxylic acids is 3. The average molecular weight is 471 g/mol. The predicted octanol–water partition coefficient (Wildman–Crippen LogP) is 3.52. The number of amides is 2. The summed E-state index contributed by atoms with van der Waals surface area (Å²) in [7, 11) is 0. The summed E-state index contributed by atoms with van der Waals surface area (Å²) in [5.74, 6) is -0.766. The van der Waals surface area contributed by atoms with Gasteiger partial charge in [-0.25, -0.2) is 0 Å². The number of carbonyl (C=O) groups is 3. The Morgan fingerprint density at radius 1 is 0.943 bits per heavy atom. The molecule has 2 atom stereocenters. The highest BCUT2D eigenvalue weighted by atomic mass is 16.5. The summed E-state index contributed by atoms with van der Waals surface area (Å²) >= 11 is 0. The maximum Gasteiger partial charge on any atom is 0.326 e. The van der Waals surface area contributed by atoms with Gasteiger partial charge in [0.2, 0.25) is 5.91 Å². The molecule has 3 aromatic rings. The van der Waals surface area contributed by atoms with Crippen LogP contribution >= 0.6 is 0 Å². The van der Waals surface area contributed by atoms with E-state index in [1.807, 2.05) is 60.7 Å². The molecule has 3 aromatic carbocycles. The fourth-order valence-electron chi connectivity index (χ4n) is 3.98. The van der Waals surface area contributed by atoms with Crippen molar-refractivity contribution < 1.29 is 23.9 Å². The van der Waals surface area contributed by atoms with Gasteiger partial charge in [-0.15, -0.1) is 0 Å². The molecular weight excluding hydrogens is 444 g/mol. The number of likely N-dealkylation sites (tertiary alicyclic amines) is 1. The van der Waals surface area contributed by atoms with E-state index in [0.29, 0.717) is 5.75 Å². The van der Waals surface area contributed by atoms with Crippen molar-refractivity contribution in [2.75, 3.05) is 13.2 Å². The zero-order valence-corrected chi connectivity index (χ0v) is 19.1. The molecule has 0 aliphatic carbocycles. The molecule has 0 aromatic heterocycles. The van der Waals surface area contributed by atoms with Crippen molar-refractivity contribution in [1.29, 1.82) is 0 Å². The smallest absolute Gasteiger partial charge is 0.326 e. The Kier molecular flexibility index (Phi) is 7.57. The van der Waals surface area contributed by atoms with Crippen LogP contribution in [0.3, 0.4) is 0 Å². The molecule has 7 nitrogen and oxygen atoms in total. The lowest BCUT2D eigenvalue weighted by atomic mass is 9.85. The number of nitrogens with one attached hydrogen (secondary N) is 1. The van der Waals surface area contributed by atoms with Crippen LogP contribution in [-0.2, 0) is 25.7 Å². The van der Waals surface area contributed by atoms with Gasteiger partial charge in [-0.1, -0.05) is 85.5 Å². The normalized spacial score (nSPS) is 16.7. The summed E-state index contributed by atoms with van der Waals surface area (Å²) in [6.45, 7) is 3.50. The number of β-lactam (4-membered cyclic amide) rings is 1. The van der Waals surface area contributed by atoms with Crippen LogP contribution in [0.15, 0.2) is 91.5 Å². The van der Waals surface area contributed by atoms with Gasteiger partial charge in [-0.3, -0.25) is 14.4 Å². The van der Waals surface area contributed by atoms with E-state index >= 15 is 0 Å². The largest absolute Gasteiger partial charge is 0.484 e. The first-order chi connectivity index (χ1) is 17.1. The van der Waals surface area contributed by atoms with E-state index in [1.165, 1.54) is 4.90 Å². The Morgan fingerprint density at radius 3 is 2.31 bits per heavy atom. The zero-order chi connectivity index (χ0) is 24.6. The molecule has 1 fully saturated rings. The minimum absolute atomic E-state index is 0.118. The maximum absolute atomic E-state index is 13.0. The van der Waals surface area contributed by atoms with Gasteiger partial charge in [0, 0.05) is 0 Å². The summed E-state index contributed by atoms with van der Waals surface area (Å²) in [5, 5.41) is 2.76. The lowest BCUT2D eigenvalue weighted by Crippen LogP contribution is -2.66. The quantitative estimate of drug-likeness (QED) is 0.362. The Bertz CT molecular complexity index is 1130. The second-order valence-corrected chi connectivity index (χ2v) is 8.04. The van der Waals surface area contributed by atoms with Gasteiger partial charge >= 0.3 is 5.97 Å². The highest BCUT2D eigenvalue weighted by Gasteiger charge is 2.50. The second kappa shape index (κ2) is 11.2. The van der Waals surface area contributed by atoms with Gasteiger partial charge in [0.25, 0.3) is 5.91 Å². The van der Waals surface area contributed by atoms with Gasteiger partial charge < -0.3 is 19.7 Å². The van der Waals surface area contributed by atoms with Crippen molar-refractivity contribution in [3.8, 4) is 5.75 Å². The first-order valence-electron chi connectivity index (χ1n) is 11.3. The van der Waals surface area contributed by atoms with Gasteiger partial charge in [0.15, 0.2) is 6.61 Å². The molecule has 1 aliphatic heterocycles. The predicted molar refractivity (Wildman–Crippen MR) is 131 cm³/mol. The number of hydrogen-bond donors (Lipinski definition) is 1. The first kappa shape index (κ1) is 23.8. The molecular formula is C28H26N2O5. The molecule has 0 saturated carbocycles. The van der Waals surface area contributed by atoms with E-state index in [9.17, 15) is 14.4 Å². The molecule has 2 unspecified atom stereocenters. The van der Waals surface area contributed by atoms with Gasteiger partial charge in [-0.05, 0) is 28.8 Å². The van der Waals surface area contributed by atoms with E-state index in [2.05, 4.69) is 11.9 Å². The molecule has 0 spiro atoms. The SMILES string of the molecule is C=Cc1ccccc1C1C(NC(=O)COc2ccccc2)C(=O)N1CC(=O)OCc1ccccc1. The van der Waals surface area contributed by atoms with Crippen LogP contribution in [0.4, 0.5) is 0 Å². The Hall–Kier alpha value is -4.39. The third-order valence-corrected chi connectivity index (χ3v) is 5.71. The van der Waals surface area contributed by atoms with Crippen molar-refractivity contribution in [3.63, 3.8) is 0 Å². The number of benzene rings is 3. The molecule has 0 radical (unpaired) electrons. The summed E-state index contributed by atoms with van der Waals surface area (Å²) in [6.07, 6.45) is 1.68.